The van der Waals surface area contributed by atoms with E-state index in [2.05, 4.69) is 41.0 Å². The molecule has 2 aromatic rings. The maximum Gasteiger partial charge on any atom is 0.323 e. The lowest BCUT2D eigenvalue weighted by atomic mass is 9.95. The second-order valence-electron chi connectivity index (χ2n) is 6.99. The van der Waals surface area contributed by atoms with Crippen molar-refractivity contribution in [1.29, 1.82) is 0 Å². The minimum atomic E-state index is -0.447. The highest BCUT2D eigenvalue weighted by Crippen LogP contribution is 2.24. The average molecular weight is 358 g/mol. The van der Waals surface area contributed by atoms with Crippen molar-refractivity contribution in [2.75, 3.05) is 13.7 Å². The highest BCUT2D eigenvalue weighted by molar-refractivity contribution is 5.75. The molecule has 0 spiro atoms. The van der Waals surface area contributed by atoms with Crippen molar-refractivity contribution < 1.29 is 14.6 Å². The molecular weight excluding hydrogens is 332 g/mol. The molecule has 1 N–H and O–H groups in total. The predicted octanol–water partition coefficient (Wildman–Crippen LogP) is 1.44. The van der Waals surface area contributed by atoms with E-state index in [1.165, 1.54) is 35.7 Å². The van der Waals surface area contributed by atoms with Crippen molar-refractivity contribution in [3.8, 4) is 0 Å². The Morgan fingerprint density at radius 2 is 2.00 bits per heavy atom. The normalized spacial score (nSPS) is 20.9. The lowest BCUT2D eigenvalue weighted by Crippen LogP contribution is -2.48. The first-order valence-corrected chi connectivity index (χ1v) is 8.89. The van der Waals surface area contributed by atoms with Crippen LogP contribution in [0.25, 0.3) is 0 Å². The van der Waals surface area contributed by atoms with Crippen molar-refractivity contribution >= 4 is 5.97 Å². The zero-order chi connectivity index (χ0) is 18.7. The molecular formula is C19H26N4O3. The number of carbonyl (C=O) groups is 1. The number of benzene rings is 1. The number of likely N-dealkylation sites (tertiary alicyclic amines) is 1. The Bertz CT molecular complexity index is 760. The molecule has 1 saturated heterocycles. The number of aryl methyl sites for hydroxylation is 2. The van der Waals surface area contributed by atoms with E-state index in [1.54, 1.807) is 11.0 Å². The molecule has 1 fully saturated rings. The summed E-state index contributed by atoms with van der Waals surface area (Å²) in [6, 6.07) is 3.96. The van der Waals surface area contributed by atoms with Crippen LogP contribution < -0.4 is 0 Å². The number of hydrogen-bond donors (Lipinski definition) is 1. The molecule has 0 saturated carbocycles. The summed E-state index contributed by atoms with van der Waals surface area (Å²) in [5.41, 5.74) is 4.76. The van der Waals surface area contributed by atoms with Gasteiger partial charge in [-0.3, -0.25) is 9.69 Å². The van der Waals surface area contributed by atoms with E-state index in [0.717, 1.165) is 0 Å². The molecule has 0 aliphatic carbocycles. The van der Waals surface area contributed by atoms with Crippen LogP contribution in [0.2, 0.25) is 0 Å². The number of ether oxygens (including phenoxy) is 1. The second-order valence-corrected chi connectivity index (χ2v) is 6.99. The van der Waals surface area contributed by atoms with Gasteiger partial charge in [-0.25, -0.2) is 9.67 Å². The number of aliphatic hydroxyl groups is 1. The molecule has 0 bridgehead atoms. The number of esters is 1. The van der Waals surface area contributed by atoms with Crippen molar-refractivity contribution in [3.63, 3.8) is 0 Å². The van der Waals surface area contributed by atoms with E-state index in [0.29, 0.717) is 32.5 Å². The van der Waals surface area contributed by atoms with E-state index in [9.17, 15) is 9.90 Å². The maximum atomic E-state index is 12.1. The fourth-order valence-corrected chi connectivity index (χ4v) is 3.56. The molecule has 1 aromatic heterocycles. The van der Waals surface area contributed by atoms with Crippen LogP contribution >= 0.6 is 0 Å². The molecule has 0 unspecified atom stereocenters. The quantitative estimate of drug-likeness (QED) is 0.815. The largest absolute Gasteiger partial charge is 0.468 e. The molecule has 2 heterocycles. The van der Waals surface area contributed by atoms with Gasteiger partial charge in [0.2, 0.25) is 0 Å². The third kappa shape index (κ3) is 4.11. The SMILES string of the molecule is COC(=O)[C@@H]1C[C@H](O)CCN1Cc1cc(Cn2cncn2)c(C)cc1C. The smallest absolute Gasteiger partial charge is 0.323 e. The Hall–Kier alpha value is -2.25. The van der Waals surface area contributed by atoms with Gasteiger partial charge in [0, 0.05) is 13.1 Å². The Balaban J connectivity index is 1.82. The van der Waals surface area contributed by atoms with Gasteiger partial charge in [-0.1, -0.05) is 12.1 Å². The van der Waals surface area contributed by atoms with E-state index in [-0.39, 0.29) is 5.97 Å². The van der Waals surface area contributed by atoms with Crippen LogP contribution in [-0.4, -0.2) is 56.5 Å². The number of piperidine rings is 1. The van der Waals surface area contributed by atoms with Crippen LogP contribution in [0.4, 0.5) is 0 Å². The molecule has 3 rings (SSSR count). The number of methoxy groups -OCH3 is 1. The first-order valence-electron chi connectivity index (χ1n) is 8.89. The summed E-state index contributed by atoms with van der Waals surface area (Å²) in [5.74, 6) is -0.281. The maximum absolute atomic E-state index is 12.1. The molecule has 1 aromatic carbocycles. The van der Waals surface area contributed by atoms with Crippen LogP contribution in [0.1, 0.15) is 35.1 Å². The lowest BCUT2D eigenvalue weighted by Gasteiger charge is -2.36. The van der Waals surface area contributed by atoms with Crippen LogP contribution in [0, 0.1) is 13.8 Å². The van der Waals surface area contributed by atoms with E-state index in [4.69, 9.17) is 4.74 Å². The second kappa shape index (κ2) is 7.97. The number of nitrogens with zero attached hydrogens (tertiary/aromatic N) is 4. The molecule has 26 heavy (non-hydrogen) atoms. The number of rotatable bonds is 5. The van der Waals surface area contributed by atoms with Gasteiger partial charge in [-0.05, 0) is 48.9 Å². The van der Waals surface area contributed by atoms with Gasteiger partial charge in [-0.15, -0.1) is 0 Å². The number of aliphatic hydroxyl groups excluding tert-OH is 1. The fourth-order valence-electron chi connectivity index (χ4n) is 3.56. The minimum Gasteiger partial charge on any atom is -0.468 e. The van der Waals surface area contributed by atoms with Crippen LogP contribution in [0.3, 0.4) is 0 Å². The molecule has 7 heteroatoms. The van der Waals surface area contributed by atoms with Crippen molar-refractivity contribution in [1.82, 2.24) is 19.7 Å². The summed E-state index contributed by atoms with van der Waals surface area (Å²) in [4.78, 5) is 18.2. The van der Waals surface area contributed by atoms with Crippen LogP contribution in [-0.2, 0) is 22.6 Å². The standard InChI is InChI=1S/C19H26N4O3/c1-13-6-14(2)16(10-23-12-20-11-21-23)7-15(13)9-22-5-4-17(24)8-18(22)19(25)26-3/h6-7,11-12,17-18,24H,4-5,8-10H2,1-3H3/t17-,18+/m1/s1. The third-order valence-corrected chi connectivity index (χ3v) is 5.13. The summed E-state index contributed by atoms with van der Waals surface area (Å²) in [7, 11) is 1.40. The summed E-state index contributed by atoms with van der Waals surface area (Å²) < 4.78 is 6.74. The summed E-state index contributed by atoms with van der Waals surface area (Å²) in [5, 5.41) is 14.1. The monoisotopic (exact) mass is 358 g/mol. The van der Waals surface area contributed by atoms with Gasteiger partial charge < -0.3 is 9.84 Å². The van der Waals surface area contributed by atoms with Crippen LogP contribution in [0.5, 0.6) is 0 Å². The van der Waals surface area contributed by atoms with Crippen molar-refractivity contribution in [3.05, 3.63) is 47.0 Å². The summed E-state index contributed by atoms with van der Waals surface area (Å²) in [6.07, 6.45) is 3.88. The van der Waals surface area contributed by atoms with Gasteiger partial charge in [0.15, 0.2) is 0 Å². The van der Waals surface area contributed by atoms with Crippen molar-refractivity contribution in [2.24, 2.45) is 0 Å². The van der Waals surface area contributed by atoms with Gasteiger partial charge in [-0.2, -0.15) is 5.10 Å². The molecule has 0 amide bonds. The Kier molecular flexibility index (Phi) is 5.68. The topological polar surface area (TPSA) is 80.5 Å². The first-order chi connectivity index (χ1) is 12.5. The fraction of sp³-hybridized carbons (Fsp3) is 0.526. The van der Waals surface area contributed by atoms with E-state index in [1.807, 2.05) is 0 Å². The number of aromatic nitrogens is 3. The Labute approximate surface area is 153 Å². The van der Waals surface area contributed by atoms with Gasteiger partial charge in [0.05, 0.1) is 19.8 Å². The number of hydrogen-bond acceptors (Lipinski definition) is 6. The zero-order valence-electron chi connectivity index (χ0n) is 15.6. The molecule has 7 nitrogen and oxygen atoms in total. The van der Waals surface area contributed by atoms with E-state index < -0.39 is 12.1 Å². The van der Waals surface area contributed by atoms with Crippen molar-refractivity contribution in [2.45, 2.75) is 51.9 Å². The van der Waals surface area contributed by atoms with Gasteiger partial charge in [0.25, 0.3) is 0 Å². The van der Waals surface area contributed by atoms with Gasteiger partial charge in [0.1, 0.15) is 18.7 Å². The molecule has 2 atom stereocenters. The number of carbonyl (C=O) groups excluding carboxylic acids is 1. The minimum absolute atomic E-state index is 0.281. The Morgan fingerprint density at radius 1 is 1.27 bits per heavy atom. The van der Waals surface area contributed by atoms with E-state index >= 15 is 0 Å². The van der Waals surface area contributed by atoms with Crippen LogP contribution in [0.15, 0.2) is 24.8 Å². The molecule has 1 aliphatic rings. The summed E-state index contributed by atoms with van der Waals surface area (Å²) >= 11 is 0. The first kappa shape index (κ1) is 18.5. The molecule has 0 radical (unpaired) electrons. The lowest BCUT2D eigenvalue weighted by molar-refractivity contribution is -0.150. The average Bonchev–Trinajstić information content (AvgIpc) is 3.12. The third-order valence-electron chi connectivity index (χ3n) is 5.13. The zero-order valence-corrected chi connectivity index (χ0v) is 15.6. The predicted molar refractivity (Wildman–Crippen MR) is 96.5 cm³/mol. The Morgan fingerprint density at radius 3 is 2.65 bits per heavy atom. The molecule has 140 valence electrons. The highest BCUT2D eigenvalue weighted by Gasteiger charge is 2.33. The molecule has 1 aliphatic heterocycles. The van der Waals surface area contributed by atoms with Gasteiger partial charge >= 0.3 is 5.97 Å². The highest BCUT2D eigenvalue weighted by atomic mass is 16.5. The summed E-state index contributed by atoms with van der Waals surface area (Å²) in [6.45, 7) is 6.18.